The molecule has 8 heteroatoms. The van der Waals surface area contributed by atoms with Gasteiger partial charge in [-0.25, -0.2) is 15.0 Å². The molecular weight excluding hydrogens is 452 g/mol. The zero-order chi connectivity index (χ0) is 25.3. The number of hydrogen-bond acceptors (Lipinski definition) is 7. The van der Waals surface area contributed by atoms with E-state index >= 15 is 0 Å². The summed E-state index contributed by atoms with van der Waals surface area (Å²) in [5.41, 5.74) is 3.31. The number of hydrogen-bond donors (Lipinski definition) is 0. The van der Waals surface area contributed by atoms with E-state index in [1.54, 1.807) is 29.1 Å². The van der Waals surface area contributed by atoms with Gasteiger partial charge in [-0.2, -0.15) is 5.26 Å². The van der Waals surface area contributed by atoms with Gasteiger partial charge >= 0.3 is 0 Å². The quantitative estimate of drug-likeness (QED) is 0.332. The zero-order valence-electron chi connectivity index (χ0n) is 20.5. The maximum Gasteiger partial charge on any atom is 0.254 e. The molecule has 0 unspecified atom stereocenters. The number of unbranched alkanes of at least 4 members (excludes halogenated alkanes) is 1. The van der Waals surface area contributed by atoms with Crippen molar-refractivity contribution in [3.63, 3.8) is 0 Å². The van der Waals surface area contributed by atoms with Crippen LogP contribution in [-0.2, 0) is 19.4 Å². The second-order valence-corrected chi connectivity index (χ2v) is 8.31. The molecule has 3 aromatic heterocycles. The third-order valence-electron chi connectivity index (χ3n) is 5.69. The average molecular weight is 481 g/mol. The Morgan fingerprint density at radius 2 is 1.81 bits per heavy atom. The maximum atomic E-state index is 13.2. The maximum absolute atomic E-state index is 13.2. The molecule has 0 radical (unpaired) electrons. The molecule has 0 saturated carbocycles. The normalized spacial score (nSPS) is 10.7. The highest BCUT2D eigenvalue weighted by Gasteiger charge is 2.14. The molecule has 0 amide bonds. The van der Waals surface area contributed by atoms with Crippen LogP contribution in [0.15, 0.2) is 65.7 Å². The number of ether oxygens (including phenoxy) is 1. The first kappa shape index (κ1) is 24.7. The monoisotopic (exact) mass is 480 g/mol. The number of rotatable bonds is 10. The van der Waals surface area contributed by atoms with Gasteiger partial charge in [-0.1, -0.05) is 37.6 Å². The Bertz CT molecular complexity index is 1420. The fourth-order valence-electron chi connectivity index (χ4n) is 3.90. The summed E-state index contributed by atoms with van der Waals surface area (Å²) < 4.78 is 7.06. The fourth-order valence-corrected chi connectivity index (χ4v) is 3.90. The van der Waals surface area contributed by atoms with Crippen LogP contribution in [0.25, 0.3) is 11.3 Å². The highest BCUT2D eigenvalue weighted by Crippen LogP contribution is 2.21. The van der Waals surface area contributed by atoms with Crippen LogP contribution in [0.5, 0.6) is 5.75 Å². The second-order valence-electron chi connectivity index (χ2n) is 8.31. The van der Waals surface area contributed by atoms with Crippen LogP contribution in [0.3, 0.4) is 0 Å². The molecule has 0 N–H and O–H groups in total. The van der Waals surface area contributed by atoms with Crippen LogP contribution >= 0.6 is 0 Å². The van der Waals surface area contributed by atoms with Gasteiger partial charge in [0.2, 0.25) is 0 Å². The molecule has 4 rings (SSSR count). The van der Waals surface area contributed by atoms with Gasteiger partial charge in [-0.3, -0.25) is 14.3 Å². The number of pyridine rings is 1. The summed E-state index contributed by atoms with van der Waals surface area (Å²) in [6, 6.07) is 16.8. The highest BCUT2D eigenvalue weighted by molar-refractivity contribution is 5.67. The third kappa shape index (κ3) is 5.99. The summed E-state index contributed by atoms with van der Waals surface area (Å²) in [7, 11) is 0. The molecule has 0 aliphatic rings. The lowest BCUT2D eigenvalue weighted by molar-refractivity contribution is 0.337. The van der Waals surface area contributed by atoms with Crippen molar-refractivity contribution < 1.29 is 4.74 Å². The standard InChI is InChI=1S/C28H28N6O2/c1-3-5-10-21-14-28(35)34(27(33-21)15-26-30-17-23(18-31-26)36-4-2)19-22-11-8-13-25(32-22)24-12-7-6-9-20(24)16-29/h6-9,11-14,17-18H,3-5,10,15,19H2,1-2H3. The minimum Gasteiger partial charge on any atom is -0.491 e. The molecule has 0 spiro atoms. The molecule has 8 nitrogen and oxygen atoms in total. The number of aromatic nitrogens is 5. The van der Waals surface area contributed by atoms with Crippen molar-refractivity contribution >= 4 is 0 Å². The SMILES string of the molecule is CCCCc1cc(=O)n(Cc2cccc(-c3ccccc3C#N)n2)c(Cc2ncc(OCC)cn2)n1. The number of nitriles is 1. The summed E-state index contributed by atoms with van der Waals surface area (Å²) in [6.07, 6.45) is 6.28. The Balaban J connectivity index is 1.69. The van der Waals surface area contributed by atoms with Crippen LogP contribution < -0.4 is 10.3 Å². The van der Waals surface area contributed by atoms with Crippen molar-refractivity contribution in [2.45, 2.75) is 46.1 Å². The molecule has 0 aliphatic heterocycles. The molecule has 182 valence electrons. The first-order valence-corrected chi connectivity index (χ1v) is 12.1. The smallest absolute Gasteiger partial charge is 0.254 e. The van der Waals surface area contributed by atoms with E-state index in [1.165, 1.54) is 0 Å². The van der Waals surface area contributed by atoms with E-state index in [0.29, 0.717) is 47.4 Å². The summed E-state index contributed by atoms with van der Waals surface area (Å²) in [5.74, 6) is 1.74. The number of benzene rings is 1. The van der Waals surface area contributed by atoms with E-state index in [4.69, 9.17) is 14.7 Å². The minimum absolute atomic E-state index is 0.137. The van der Waals surface area contributed by atoms with E-state index in [2.05, 4.69) is 23.0 Å². The average Bonchev–Trinajstić information content (AvgIpc) is 2.91. The van der Waals surface area contributed by atoms with Crippen molar-refractivity contribution in [2.24, 2.45) is 0 Å². The van der Waals surface area contributed by atoms with Gasteiger partial charge in [0, 0.05) is 17.3 Å². The van der Waals surface area contributed by atoms with E-state index in [1.807, 2.05) is 43.3 Å². The van der Waals surface area contributed by atoms with Gasteiger partial charge in [-0.05, 0) is 38.0 Å². The highest BCUT2D eigenvalue weighted by atomic mass is 16.5. The van der Waals surface area contributed by atoms with Gasteiger partial charge in [0.25, 0.3) is 5.56 Å². The molecule has 0 fully saturated rings. The lowest BCUT2D eigenvalue weighted by atomic mass is 10.0. The molecule has 36 heavy (non-hydrogen) atoms. The van der Waals surface area contributed by atoms with Crippen molar-refractivity contribution in [1.82, 2.24) is 24.5 Å². The molecular formula is C28H28N6O2. The van der Waals surface area contributed by atoms with Crippen LogP contribution in [0.1, 0.15) is 55.3 Å². The predicted molar refractivity (Wildman–Crippen MR) is 137 cm³/mol. The van der Waals surface area contributed by atoms with Crippen molar-refractivity contribution in [2.75, 3.05) is 6.61 Å². The molecule has 1 aromatic carbocycles. The van der Waals surface area contributed by atoms with Crippen LogP contribution in [-0.4, -0.2) is 31.1 Å². The van der Waals surface area contributed by atoms with Gasteiger partial charge in [-0.15, -0.1) is 0 Å². The van der Waals surface area contributed by atoms with E-state index in [9.17, 15) is 10.1 Å². The summed E-state index contributed by atoms with van der Waals surface area (Å²) in [5, 5.41) is 9.48. The summed E-state index contributed by atoms with van der Waals surface area (Å²) in [4.78, 5) is 31.6. The molecule has 4 aromatic rings. The first-order valence-electron chi connectivity index (χ1n) is 12.1. The van der Waals surface area contributed by atoms with Crippen LogP contribution in [0.2, 0.25) is 0 Å². The van der Waals surface area contributed by atoms with Crippen molar-refractivity contribution in [3.8, 4) is 23.1 Å². The van der Waals surface area contributed by atoms with Gasteiger partial charge < -0.3 is 4.74 Å². The number of aryl methyl sites for hydroxylation is 1. The Morgan fingerprint density at radius 3 is 2.56 bits per heavy atom. The lowest BCUT2D eigenvalue weighted by Gasteiger charge is -2.14. The minimum atomic E-state index is -0.137. The molecule has 0 atom stereocenters. The Morgan fingerprint density at radius 1 is 1.00 bits per heavy atom. The topological polar surface area (TPSA) is 107 Å². The van der Waals surface area contributed by atoms with E-state index < -0.39 is 0 Å². The van der Waals surface area contributed by atoms with Crippen molar-refractivity contribution in [1.29, 1.82) is 5.26 Å². The van der Waals surface area contributed by atoms with E-state index in [0.717, 1.165) is 30.5 Å². The summed E-state index contributed by atoms with van der Waals surface area (Å²) in [6.45, 7) is 4.79. The second kappa shape index (κ2) is 11.8. The van der Waals surface area contributed by atoms with Crippen LogP contribution in [0.4, 0.5) is 0 Å². The zero-order valence-corrected chi connectivity index (χ0v) is 20.5. The lowest BCUT2D eigenvalue weighted by Crippen LogP contribution is -2.27. The molecule has 3 heterocycles. The first-order chi connectivity index (χ1) is 17.6. The Hall–Kier alpha value is -4.38. The largest absolute Gasteiger partial charge is 0.491 e. The fraction of sp³-hybridized carbons (Fsp3) is 0.286. The number of nitrogens with zero attached hydrogens (tertiary/aromatic N) is 6. The van der Waals surface area contributed by atoms with Gasteiger partial charge in [0.15, 0.2) is 5.75 Å². The van der Waals surface area contributed by atoms with Crippen molar-refractivity contribution in [3.05, 3.63) is 99.9 Å². The van der Waals surface area contributed by atoms with Gasteiger partial charge in [0.1, 0.15) is 11.6 Å². The Kier molecular flexibility index (Phi) is 8.14. The predicted octanol–water partition coefficient (Wildman–Crippen LogP) is 4.35. The summed E-state index contributed by atoms with van der Waals surface area (Å²) >= 11 is 0. The molecule has 0 saturated heterocycles. The van der Waals surface area contributed by atoms with E-state index in [-0.39, 0.29) is 12.1 Å². The molecule has 0 aliphatic carbocycles. The van der Waals surface area contributed by atoms with Crippen LogP contribution in [0, 0.1) is 11.3 Å². The third-order valence-corrected chi connectivity index (χ3v) is 5.69. The van der Waals surface area contributed by atoms with Gasteiger partial charge in [0.05, 0.1) is 55.0 Å². The molecule has 0 bridgehead atoms. The Labute approximate surface area is 210 Å².